The smallest absolute Gasteiger partial charge is 0.312 e. The second kappa shape index (κ2) is 10.5. The fourth-order valence-electron chi connectivity index (χ4n) is 4.07. The van der Waals surface area contributed by atoms with Crippen molar-refractivity contribution in [1.82, 2.24) is 9.55 Å². The molecule has 186 valence electrons. The van der Waals surface area contributed by atoms with Crippen LogP contribution in [0.25, 0.3) is 23.2 Å². The first kappa shape index (κ1) is 24.8. The lowest BCUT2D eigenvalue weighted by Crippen LogP contribution is -2.46. The zero-order valence-corrected chi connectivity index (χ0v) is 19.6. The van der Waals surface area contributed by atoms with Crippen LogP contribution in [0.4, 0.5) is 8.78 Å². The maximum Gasteiger partial charge on any atom is 0.312 e. The average molecular weight is 495 g/mol. The molecule has 8 nitrogen and oxygen atoms in total. The van der Waals surface area contributed by atoms with Crippen molar-refractivity contribution in [2.75, 3.05) is 7.11 Å². The Morgan fingerprint density at radius 3 is 2.61 bits per heavy atom. The molecule has 5 N–H and O–H groups in total. The summed E-state index contributed by atoms with van der Waals surface area (Å²) in [5.41, 5.74) is 5.90. The predicted molar refractivity (Wildman–Crippen MR) is 133 cm³/mol. The number of hydrogen-bond acceptors (Lipinski definition) is 5. The number of aromatic nitrogens is 2. The summed E-state index contributed by atoms with van der Waals surface area (Å²) >= 11 is 0. The van der Waals surface area contributed by atoms with E-state index in [-0.39, 0.29) is 34.5 Å². The number of allylic oxidation sites excluding steroid dienone is 1. The van der Waals surface area contributed by atoms with E-state index in [1.54, 1.807) is 19.3 Å². The topological polar surface area (TPSA) is 129 Å². The van der Waals surface area contributed by atoms with Crippen molar-refractivity contribution in [2.24, 2.45) is 5.73 Å². The first-order valence-electron chi connectivity index (χ1n) is 11.4. The molecule has 0 atom stereocenters. The number of fused-ring (bicyclic) bond motifs is 1. The highest BCUT2D eigenvalue weighted by atomic mass is 19.2. The number of ether oxygens (including phenoxy) is 2. The van der Waals surface area contributed by atoms with Gasteiger partial charge in [-0.1, -0.05) is 12.1 Å². The van der Waals surface area contributed by atoms with Gasteiger partial charge in [0.1, 0.15) is 11.7 Å². The largest absolute Gasteiger partial charge is 0.493 e. The molecule has 0 spiro atoms. The van der Waals surface area contributed by atoms with Crippen molar-refractivity contribution in [3.05, 3.63) is 65.5 Å². The number of para-hydroxylation sites is 1. The summed E-state index contributed by atoms with van der Waals surface area (Å²) in [6, 6.07) is 7.39. The number of benzene rings is 2. The molecule has 1 heterocycles. The van der Waals surface area contributed by atoms with Crippen LogP contribution in [0, 0.1) is 17.0 Å². The molecule has 10 heteroatoms. The monoisotopic (exact) mass is 494 g/mol. The summed E-state index contributed by atoms with van der Waals surface area (Å²) in [4.78, 5) is 15.6. The number of carbonyl (C=O) groups is 1. The molecule has 0 radical (unpaired) electrons. The van der Waals surface area contributed by atoms with Crippen LogP contribution in [0.5, 0.6) is 11.5 Å². The zero-order valence-electron chi connectivity index (χ0n) is 19.6. The van der Waals surface area contributed by atoms with Crippen LogP contribution in [-0.2, 0) is 4.79 Å². The molecule has 1 fully saturated rings. The Morgan fingerprint density at radius 1 is 1.19 bits per heavy atom. The molecule has 3 aromatic rings. The third kappa shape index (κ3) is 5.17. The van der Waals surface area contributed by atoms with E-state index in [4.69, 9.17) is 26.0 Å². The van der Waals surface area contributed by atoms with Crippen molar-refractivity contribution in [3.63, 3.8) is 0 Å². The number of primary amides is 1. The van der Waals surface area contributed by atoms with Crippen molar-refractivity contribution in [2.45, 2.75) is 31.8 Å². The Bertz CT molecular complexity index is 1400. The highest BCUT2D eigenvalue weighted by Crippen LogP contribution is 2.36. The van der Waals surface area contributed by atoms with Gasteiger partial charge in [0.15, 0.2) is 23.1 Å². The lowest BCUT2D eigenvalue weighted by molar-refractivity contribution is -0.133. The Morgan fingerprint density at radius 2 is 1.92 bits per heavy atom. The van der Waals surface area contributed by atoms with Gasteiger partial charge >= 0.3 is 5.91 Å². The standard InChI is InChI=1S/C26H25F2N5O3/c1-35-22-8-4-5-15(25(22)36-16-6-2-3-7-16)9-12-24-32-20-13-17(27)18(28)14-21(20)33(24)23(30)11-10-19(29)26(31)34/h4-5,8-14,16,29-30H,2-3,6-7H2,1H3,(H2,31,34)/p+1/b11-10-,12-9+,29-19?,30-23?. The minimum Gasteiger partial charge on any atom is -0.493 e. The van der Waals surface area contributed by atoms with E-state index < -0.39 is 17.5 Å². The van der Waals surface area contributed by atoms with E-state index in [9.17, 15) is 13.6 Å². The molecule has 0 bridgehead atoms. The Labute approximate surface area is 206 Å². The number of carbonyl (C=O) groups excluding carboxylic acids is 1. The Kier molecular flexibility index (Phi) is 7.23. The molecule has 0 saturated heterocycles. The molecule has 1 aliphatic rings. The molecule has 1 aromatic heterocycles. The summed E-state index contributed by atoms with van der Waals surface area (Å²) in [5, 5.41) is 14.0. The fraction of sp³-hybridized carbons (Fsp3) is 0.231. The SMILES string of the molecule is COc1cccc(/C=C/c2nc3cc(F)c(F)cc3n2C(=N)/C=C\C(=[NH2+])C(N)=O)c1OC1CCCC1. The van der Waals surface area contributed by atoms with E-state index in [2.05, 4.69) is 4.98 Å². The molecule has 0 unspecified atom stereocenters. The molecule has 0 aliphatic heterocycles. The van der Waals surface area contributed by atoms with E-state index in [0.29, 0.717) is 17.1 Å². The minimum absolute atomic E-state index is 0.0919. The summed E-state index contributed by atoms with van der Waals surface area (Å²) in [6.07, 6.45) is 9.96. The molecule has 1 aliphatic carbocycles. The zero-order chi connectivity index (χ0) is 25.8. The van der Waals surface area contributed by atoms with Gasteiger partial charge in [-0.2, -0.15) is 0 Å². The van der Waals surface area contributed by atoms with Gasteiger partial charge < -0.3 is 15.2 Å². The summed E-state index contributed by atoms with van der Waals surface area (Å²) < 4.78 is 41.0. The number of nitrogens with zero attached hydrogens (tertiary/aromatic N) is 2. The first-order chi connectivity index (χ1) is 17.3. The molecule has 1 saturated carbocycles. The number of halogens is 2. The average Bonchev–Trinajstić information content (AvgIpc) is 3.49. The maximum atomic E-state index is 14.1. The van der Waals surface area contributed by atoms with Gasteiger partial charge in [-0.05, 0) is 50.0 Å². The van der Waals surface area contributed by atoms with Crippen LogP contribution in [0.3, 0.4) is 0 Å². The highest BCUT2D eigenvalue weighted by Gasteiger charge is 2.20. The molecule has 2 aromatic carbocycles. The van der Waals surface area contributed by atoms with E-state index in [0.717, 1.165) is 37.8 Å². The molecular weight excluding hydrogens is 468 g/mol. The van der Waals surface area contributed by atoms with E-state index >= 15 is 0 Å². The number of amides is 1. The molecule has 4 rings (SSSR count). The normalized spacial score (nSPS) is 14.2. The van der Waals surface area contributed by atoms with Gasteiger partial charge in [0, 0.05) is 23.8 Å². The number of rotatable bonds is 8. The van der Waals surface area contributed by atoms with E-state index in [1.807, 2.05) is 18.2 Å². The van der Waals surface area contributed by atoms with Gasteiger partial charge in [-0.3, -0.25) is 14.8 Å². The number of imidazole rings is 1. The van der Waals surface area contributed by atoms with Crippen molar-refractivity contribution in [3.8, 4) is 11.5 Å². The van der Waals surface area contributed by atoms with Gasteiger partial charge in [0.2, 0.25) is 0 Å². The third-order valence-electron chi connectivity index (χ3n) is 5.90. The van der Waals surface area contributed by atoms with Gasteiger partial charge in [0.05, 0.1) is 24.2 Å². The van der Waals surface area contributed by atoms with Crippen LogP contribution < -0.4 is 20.6 Å². The number of nitrogens with one attached hydrogen (secondary N) is 1. The van der Waals surface area contributed by atoms with Crippen LogP contribution >= 0.6 is 0 Å². The highest BCUT2D eigenvalue weighted by molar-refractivity contribution is 6.40. The number of nitrogens with two attached hydrogens (primary N) is 2. The van der Waals surface area contributed by atoms with Crippen molar-refractivity contribution >= 4 is 40.6 Å². The second-order valence-corrected chi connectivity index (χ2v) is 8.33. The predicted octanol–water partition coefficient (Wildman–Crippen LogP) is 2.88. The van der Waals surface area contributed by atoms with Gasteiger partial charge in [0.25, 0.3) is 5.71 Å². The van der Waals surface area contributed by atoms with Crippen molar-refractivity contribution < 1.29 is 28.5 Å². The van der Waals surface area contributed by atoms with Crippen LogP contribution in [0.1, 0.15) is 37.1 Å². The first-order valence-corrected chi connectivity index (χ1v) is 11.4. The van der Waals surface area contributed by atoms with Gasteiger partial charge in [-0.25, -0.2) is 19.2 Å². The third-order valence-corrected chi connectivity index (χ3v) is 5.90. The molecule has 1 amide bonds. The number of methoxy groups -OCH3 is 1. The Hall–Kier alpha value is -4.34. The van der Waals surface area contributed by atoms with Crippen LogP contribution in [0.2, 0.25) is 0 Å². The Balaban J connectivity index is 1.77. The van der Waals surface area contributed by atoms with E-state index in [1.165, 1.54) is 16.7 Å². The summed E-state index contributed by atoms with van der Waals surface area (Å²) in [5.74, 6) is -1.81. The summed E-state index contributed by atoms with van der Waals surface area (Å²) in [7, 11) is 1.56. The fourth-order valence-corrected chi connectivity index (χ4v) is 4.07. The molecule has 36 heavy (non-hydrogen) atoms. The quantitative estimate of drug-likeness (QED) is 0.329. The van der Waals surface area contributed by atoms with Gasteiger partial charge in [-0.15, -0.1) is 0 Å². The second-order valence-electron chi connectivity index (χ2n) is 8.33. The number of hydrogen-bond donors (Lipinski definition) is 3. The minimum atomic E-state index is -1.08. The molecular formula is C26H26F2N5O3+. The maximum absolute atomic E-state index is 14.1. The lowest BCUT2D eigenvalue weighted by atomic mass is 10.1. The summed E-state index contributed by atoms with van der Waals surface area (Å²) in [6.45, 7) is 0. The van der Waals surface area contributed by atoms with Crippen LogP contribution in [0.15, 0.2) is 42.5 Å². The van der Waals surface area contributed by atoms with Crippen molar-refractivity contribution in [1.29, 1.82) is 5.41 Å². The lowest BCUT2D eigenvalue weighted by Gasteiger charge is -2.18. The van der Waals surface area contributed by atoms with Crippen LogP contribution in [-0.4, -0.2) is 40.2 Å².